The van der Waals surface area contributed by atoms with Gasteiger partial charge in [-0.25, -0.2) is 4.98 Å². The Hall–Kier alpha value is -1.28. The Kier molecular flexibility index (Phi) is 2.44. The minimum Gasteiger partial charge on any atom is -0.348 e. The van der Waals surface area contributed by atoms with Gasteiger partial charge in [-0.1, -0.05) is 23.7 Å². The number of benzene rings is 1. The Balaban J connectivity index is 1.86. The SMILES string of the molecule is Clc1ccc(C2CCc3nc[nH]c3C2)cc1. The summed E-state index contributed by atoms with van der Waals surface area (Å²) < 4.78 is 0. The van der Waals surface area contributed by atoms with Crippen LogP contribution in [0.5, 0.6) is 0 Å². The van der Waals surface area contributed by atoms with Gasteiger partial charge in [0.05, 0.1) is 12.0 Å². The molecule has 1 aromatic carbocycles. The van der Waals surface area contributed by atoms with E-state index in [2.05, 4.69) is 22.1 Å². The first kappa shape index (κ1) is 9.91. The lowest BCUT2D eigenvalue weighted by atomic mass is 9.84. The molecule has 2 aromatic rings. The van der Waals surface area contributed by atoms with Crippen LogP contribution in [0.3, 0.4) is 0 Å². The van der Waals surface area contributed by atoms with Crippen LogP contribution in [0.1, 0.15) is 29.3 Å². The Morgan fingerprint density at radius 3 is 2.88 bits per heavy atom. The van der Waals surface area contributed by atoms with Gasteiger partial charge in [0.1, 0.15) is 0 Å². The lowest BCUT2D eigenvalue weighted by Crippen LogP contribution is -2.12. The standard InChI is InChI=1S/C13H13ClN2/c14-11-4-1-9(2-5-11)10-3-6-12-13(7-10)16-8-15-12/h1-2,4-5,8,10H,3,6-7H2,(H,15,16). The summed E-state index contributed by atoms with van der Waals surface area (Å²) >= 11 is 5.90. The molecule has 1 unspecified atom stereocenters. The normalized spacial score (nSPS) is 19.4. The summed E-state index contributed by atoms with van der Waals surface area (Å²) in [5, 5.41) is 0.807. The van der Waals surface area contributed by atoms with E-state index in [0.29, 0.717) is 5.92 Å². The molecule has 82 valence electrons. The minimum atomic E-state index is 0.602. The van der Waals surface area contributed by atoms with Crippen LogP contribution in [0, 0.1) is 0 Å². The number of hydrogen-bond acceptors (Lipinski definition) is 1. The first-order chi connectivity index (χ1) is 7.83. The highest BCUT2D eigenvalue weighted by Gasteiger charge is 2.21. The monoisotopic (exact) mass is 232 g/mol. The van der Waals surface area contributed by atoms with Gasteiger partial charge >= 0.3 is 0 Å². The van der Waals surface area contributed by atoms with Crippen LogP contribution in [0.2, 0.25) is 5.02 Å². The third-order valence-corrected chi connectivity index (χ3v) is 3.58. The first-order valence-electron chi connectivity index (χ1n) is 5.59. The van der Waals surface area contributed by atoms with E-state index in [1.807, 2.05) is 12.1 Å². The lowest BCUT2D eigenvalue weighted by Gasteiger charge is -2.21. The van der Waals surface area contributed by atoms with Gasteiger partial charge in [0.2, 0.25) is 0 Å². The fourth-order valence-corrected chi connectivity index (χ4v) is 2.55. The molecule has 1 aliphatic rings. The quantitative estimate of drug-likeness (QED) is 0.803. The van der Waals surface area contributed by atoms with Crippen LogP contribution in [0.25, 0.3) is 0 Å². The number of aromatic amines is 1. The summed E-state index contributed by atoms with van der Waals surface area (Å²) in [5.41, 5.74) is 3.92. The molecule has 3 heteroatoms. The van der Waals surface area contributed by atoms with Crippen LogP contribution >= 0.6 is 11.6 Å². The second-order valence-corrected chi connectivity index (χ2v) is 4.76. The maximum Gasteiger partial charge on any atom is 0.0925 e. The van der Waals surface area contributed by atoms with Crippen LogP contribution in [0.4, 0.5) is 0 Å². The average molecular weight is 233 g/mol. The number of fused-ring (bicyclic) bond motifs is 1. The predicted molar refractivity (Wildman–Crippen MR) is 64.8 cm³/mol. The van der Waals surface area contributed by atoms with Crippen LogP contribution in [-0.2, 0) is 12.8 Å². The summed E-state index contributed by atoms with van der Waals surface area (Å²) in [4.78, 5) is 7.55. The molecule has 1 N–H and O–H groups in total. The first-order valence-corrected chi connectivity index (χ1v) is 5.97. The van der Waals surface area contributed by atoms with E-state index in [4.69, 9.17) is 11.6 Å². The zero-order valence-corrected chi connectivity index (χ0v) is 9.67. The summed E-state index contributed by atoms with van der Waals surface area (Å²) in [6.07, 6.45) is 5.12. The molecule has 3 rings (SSSR count). The second-order valence-electron chi connectivity index (χ2n) is 4.32. The van der Waals surface area contributed by atoms with Crippen molar-refractivity contribution in [1.29, 1.82) is 0 Å². The smallest absolute Gasteiger partial charge is 0.0925 e. The van der Waals surface area contributed by atoms with Crippen molar-refractivity contribution in [3.63, 3.8) is 0 Å². The molecule has 1 atom stereocenters. The van der Waals surface area contributed by atoms with Gasteiger partial charge in [0, 0.05) is 10.7 Å². The number of nitrogens with one attached hydrogen (secondary N) is 1. The zero-order valence-electron chi connectivity index (χ0n) is 8.91. The van der Waals surface area contributed by atoms with Crippen LogP contribution in [0.15, 0.2) is 30.6 Å². The fourth-order valence-electron chi connectivity index (χ4n) is 2.42. The van der Waals surface area contributed by atoms with Crippen molar-refractivity contribution in [3.8, 4) is 0 Å². The van der Waals surface area contributed by atoms with E-state index in [-0.39, 0.29) is 0 Å². The molecule has 0 saturated heterocycles. The van der Waals surface area contributed by atoms with E-state index < -0.39 is 0 Å². The topological polar surface area (TPSA) is 28.7 Å². The Morgan fingerprint density at radius 1 is 1.25 bits per heavy atom. The second kappa shape index (κ2) is 3.95. The summed E-state index contributed by atoms with van der Waals surface area (Å²) in [7, 11) is 0. The molecule has 0 fully saturated rings. The molecule has 0 spiro atoms. The molecule has 0 radical (unpaired) electrons. The van der Waals surface area contributed by atoms with Gasteiger partial charge in [0.25, 0.3) is 0 Å². The minimum absolute atomic E-state index is 0.602. The Labute approximate surface area is 99.7 Å². The van der Waals surface area contributed by atoms with Crippen molar-refractivity contribution in [2.75, 3.05) is 0 Å². The molecule has 1 heterocycles. The van der Waals surface area contributed by atoms with E-state index in [1.165, 1.54) is 23.4 Å². The highest BCUT2D eigenvalue weighted by Crippen LogP contribution is 2.31. The molecule has 1 aromatic heterocycles. The highest BCUT2D eigenvalue weighted by molar-refractivity contribution is 6.30. The largest absolute Gasteiger partial charge is 0.348 e. The lowest BCUT2D eigenvalue weighted by molar-refractivity contribution is 0.572. The maximum atomic E-state index is 5.90. The number of imidazole rings is 1. The number of rotatable bonds is 1. The van der Waals surface area contributed by atoms with Gasteiger partial charge in [-0.15, -0.1) is 0 Å². The number of H-pyrrole nitrogens is 1. The molecule has 0 aliphatic heterocycles. The van der Waals surface area contributed by atoms with E-state index in [0.717, 1.165) is 17.9 Å². The Morgan fingerprint density at radius 2 is 2.06 bits per heavy atom. The molecule has 0 amide bonds. The van der Waals surface area contributed by atoms with Crippen molar-refractivity contribution in [3.05, 3.63) is 52.6 Å². The molecular formula is C13H13ClN2. The average Bonchev–Trinajstić information content (AvgIpc) is 2.77. The summed E-state index contributed by atoms with van der Waals surface area (Å²) in [5.74, 6) is 0.602. The van der Waals surface area contributed by atoms with Crippen molar-refractivity contribution >= 4 is 11.6 Å². The van der Waals surface area contributed by atoms with E-state index in [9.17, 15) is 0 Å². The van der Waals surface area contributed by atoms with Crippen molar-refractivity contribution in [2.45, 2.75) is 25.2 Å². The van der Waals surface area contributed by atoms with Gasteiger partial charge in [0.15, 0.2) is 0 Å². The van der Waals surface area contributed by atoms with Gasteiger partial charge < -0.3 is 4.98 Å². The number of aryl methyl sites for hydroxylation is 1. The third kappa shape index (κ3) is 1.74. The number of halogens is 1. The molecule has 0 bridgehead atoms. The van der Waals surface area contributed by atoms with E-state index in [1.54, 1.807) is 6.33 Å². The van der Waals surface area contributed by atoms with Gasteiger partial charge in [-0.3, -0.25) is 0 Å². The maximum absolute atomic E-state index is 5.90. The van der Waals surface area contributed by atoms with Crippen molar-refractivity contribution in [2.24, 2.45) is 0 Å². The fraction of sp³-hybridized carbons (Fsp3) is 0.308. The Bertz CT molecular complexity index is 487. The highest BCUT2D eigenvalue weighted by atomic mass is 35.5. The van der Waals surface area contributed by atoms with Gasteiger partial charge in [-0.05, 0) is 42.9 Å². The predicted octanol–water partition coefficient (Wildman–Crippen LogP) is 3.34. The molecule has 2 nitrogen and oxygen atoms in total. The molecule has 1 aliphatic carbocycles. The van der Waals surface area contributed by atoms with Gasteiger partial charge in [-0.2, -0.15) is 0 Å². The van der Waals surface area contributed by atoms with Crippen LogP contribution < -0.4 is 0 Å². The van der Waals surface area contributed by atoms with Crippen LogP contribution in [-0.4, -0.2) is 9.97 Å². The third-order valence-electron chi connectivity index (χ3n) is 3.33. The number of nitrogens with zero attached hydrogens (tertiary/aromatic N) is 1. The summed E-state index contributed by atoms with van der Waals surface area (Å²) in [6.45, 7) is 0. The van der Waals surface area contributed by atoms with E-state index >= 15 is 0 Å². The number of aromatic nitrogens is 2. The van der Waals surface area contributed by atoms with Crippen molar-refractivity contribution in [1.82, 2.24) is 9.97 Å². The molecule has 0 saturated carbocycles. The number of hydrogen-bond donors (Lipinski definition) is 1. The molecular weight excluding hydrogens is 220 g/mol. The zero-order chi connectivity index (χ0) is 11.0. The van der Waals surface area contributed by atoms with Crippen molar-refractivity contribution < 1.29 is 0 Å². The summed E-state index contributed by atoms with van der Waals surface area (Å²) in [6, 6.07) is 8.21. The molecule has 16 heavy (non-hydrogen) atoms.